The second kappa shape index (κ2) is 7.27. The minimum atomic E-state index is -0.875. The Morgan fingerprint density at radius 1 is 0.875 bits per heavy atom. The molecule has 0 radical (unpaired) electrons. The number of hydrogen-bond acceptors (Lipinski definition) is 0. The third-order valence-corrected chi connectivity index (χ3v) is 4.02. The molecule has 3 aromatic carbocycles. The van der Waals surface area contributed by atoms with Crippen LogP contribution in [0.1, 0.15) is 36.5 Å². The normalized spacial score (nSPS) is 10.5. The maximum atomic E-state index is 13.3. The van der Waals surface area contributed by atoms with Crippen LogP contribution >= 0.6 is 0 Å². The molecule has 0 aliphatic heterocycles. The van der Waals surface area contributed by atoms with E-state index < -0.39 is 11.6 Å². The molecule has 3 aromatic rings. The quantitative estimate of drug-likeness (QED) is 0.530. The predicted octanol–water partition coefficient (Wildman–Crippen LogP) is 5.86. The number of benzene rings is 3. The van der Waals surface area contributed by atoms with Gasteiger partial charge in [-0.3, -0.25) is 0 Å². The van der Waals surface area contributed by atoms with Crippen LogP contribution in [-0.2, 0) is 6.42 Å². The summed E-state index contributed by atoms with van der Waals surface area (Å²) in [7, 11) is 0. The highest BCUT2D eigenvalue weighted by atomic mass is 19.2. The first kappa shape index (κ1) is 16.2. The molecule has 0 unspecified atom stereocenters. The van der Waals surface area contributed by atoms with E-state index in [1.54, 1.807) is 0 Å². The summed E-state index contributed by atoms with van der Waals surface area (Å²) in [5, 5.41) is 2.23. The Hall–Kier alpha value is -2.66. The Bertz CT molecular complexity index is 930. The Morgan fingerprint density at radius 3 is 2.54 bits per heavy atom. The van der Waals surface area contributed by atoms with Crippen LogP contribution in [0.5, 0.6) is 0 Å². The van der Waals surface area contributed by atoms with Gasteiger partial charge in [0.05, 0.1) is 0 Å². The zero-order chi connectivity index (χ0) is 16.9. The standard InChI is InChI=1S/C22H18F2/c1-2-3-5-16-9-12-20-18(6-4-7-19(20)14-16)11-8-17-10-13-21(23)22(24)15-17/h4,6-7,9-10,12-15H,2-3,5H2,1H3. The fourth-order valence-electron chi connectivity index (χ4n) is 2.69. The summed E-state index contributed by atoms with van der Waals surface area (Å²) >= 11 is 0. The summed E-state index contributed by atoms with van der Waals surface area (Å²) in [6.07, 6.45) is 3.44. The molecule has 0 bridgehead atoms. The van der Waals surface area contributed by atoms with E-state index in [1.165, 1.54) is 24.5 Å². The lowest BCUT2D eigenvalue weighted by Crippen LogP contribution is -1.87. The maximum Gasteiger partial charge on any atom is 0.160 e. The number of rotatable bonds is 3. The van der Waals surface area contributed by atoms with Crippen molar-refractivity contribution in [2.24, 2.45) is 0 Å². The van der Waals surface area contributed by atoms with Gasteiger partial charge in [0.25, 0.3) is 0 Å². The van der Waals surface area contributed by atoms with E-state index in [0.29, 0.717) is 5.56 Å². The van der Waals surface area contributed by atoms with Crippen LogP contribution in [0, 0.1) is 23.5 Å². The largest absolute Gasteiger partial charge is 0.204 e. The smallest absolute Gasteiger partial charge is 0.160 e. The van der Waals surface area contributed by atoms with Gasteiger partial charge in [0.2, 0.25) is 0 Å². The number of unbranched alkanes of at least 4 members (excludes halogenated alkanes) is 1. The number of fused-ring (bicyclic) bond motifs is 1. The molecule has 0 nitrogen and oxygen atoms in total. The number of halogens is 2. The van der Waals surface area contributed by atoms with Crippen LogP contribution in [-0.4, -0.2) is 0 Å². The molecule has 24 heavy (non-hydrogen) atoms. The van der Waals surface area contributed by atoms with E-state index in [0.717, 1.165) is 34.9 Å². The van der Waals surface area contributed by atoms with Crippen LogP contribution in [0.15, 0.2) is 54.6 Å². The zero-order valence-electron chi connectivity index (χ0n) is 13.6. The molecule has 0 N–H and O–H groups in total. The van der Waals surface area contributed by atoms with Gasteiger partial charge in [-0.25, -0.2) is 8.78 Å². The van der Waals surface area contributed by atoms with Crippen molar-refractivity contribution in [3.05, 3.63) is 82.9 Å². The number of aryl methyl sites for hydroxylation is 1. The van der Waals surface area contributed by atoms with E-state index in [9.17, 15) is 8.78 Å². The fraction of sp³-hybridized carbons (Fsp3) is 0.182. The summed E-state index contributed by atoms with van der Waals surface area (Å²) in [6.45, 7) is 2.19. The summed E-state index contributed by atoms with van der Waals surface area (Å²) in [6, 6.07) is 16.1. The Balaban J connectivity index is 1.95. The zero-order valence-corrected chi connectivity index (χ0v) is 13.6. The van der Waals surface area contributed by atoms with Crippen LogP contribution in [0.4, 0.5) is 8.78 Å². The average Bonchev–Trinajstić information content (AvgIpc) is 2.60. The van der Waals surface area contributed by atoms with E-state index >= 15 is 0 Å². The van der Waals surface area contributed by atoms with Crippen molar-refractivity contribution < 1.29 is 8.78 Å². The molecule has 0 amide bonds. The van der Waals surface area contributed by atoms with Crippen molar-refractivity contribution in [3.63, 3.8) is 0 Å². The van der Waals surface area contributed by atoms with Crippen LogP contribution in [0.3, 0.4) is 0 Å². The molecule has 0 fully saturated rings. The van der Waals surface area contributed by atoms with Crippen molar-refractivity contribution in [2.45, 2.75) is 26.2 Å². The van der Waals surface area contributed by atoms with Crippen molar-refractivity contribution in [2.75, 3.05) is 0 Å². The second-order valence-corrected chi connectivity index (χ2v) is 5.84. The third-order valence-electron chi connectivity index (χ3n) is 4.02. The van der Waals surface area contributed by atoms with Gasteiger partial charge >= 0.3 is 0 Å². The first-order valence-electron chi connectivity index (χ1n) is 8.16. The summed E-state index contributed by atoms with van der Waals surface area (Å²) in [5.74, 6) is 4.26. The van der Waals surface area contributed by atoms with Gasteiger partial charge in [-0.05, 0) is 53.4 Å². The van der Waals surface area contributed by atoms with Crippen molar-refractivity contribution in [1.29, 1.82) is 0 Å². The van der Waals surface area contributed by atoms with E-state index in [1.807, 2.05) is 12.1 Å². The molecule has 0 aliphatic carbocycles. The molecular formula is C22H18F2. The molecule has 3 rings (SSSR count). The van der Waals surface area contributed by atoms with Crippen LogP contribution < -0.4 is 0 Å². The fourth-order valence-corrected chi connectivity index (χ4v) is 2.69. The molecule has 0 saturated carbocycles. The molecule has 0 atom stereocenters. The predicted molar refractivity (Wildman–Crippen MR) is 94.9 cm³/mol. The van der Waals surface area contributed by atoms with Gasteiger partial charge in [-0.1, -0.05) is 55.5 Å². The van der Waals surface area contributed by atoms with Gasteiger partial charge in [0, 0.05) is 11.1 Å². The SMILES string of the molecule is CCCCc1ccc2c(C#Cc3ccc(F)c(F)c3)cccc2c1. The van der Waals surface area contributed by atoms with Crippen molar-refractivity contribution in [3.8, 4) is 11.8 Å². The lowest BCUT2D eigenvalue weighted by molar-refractivity contribution is 0.508. The average molecular weight is 320 g/mol. The lowest BCUT2D eigenvalue weighted by atomic mass is 10.00. The minimum absolute atomic E-state index is 0.463. The number of hydrogen-bond donors (Lipinski definition) is 0. The Morgan fingerprint density at radius 2 is 1.75 bits per heavy atom. The van der Waals surface area contributed by atoms with Crippen LogP contribution in [0.25, 0.3) is 10.8 Å². The van der Waals surface area contributed by atoms with E-state index in [4.69, 9.17) is 0 Å². The lowest BCUT2D eigenvalue weighted by Gasteiger charge is -2.05. The molecule has 0 aromatic heterocycles. The molecule has 120 valence electrons. The highest BCUT2D eigenvalue weighted by molar-refractivity contribution is 5.88. The van der Waals surface area contributed by atoms with Gasteiger partial charge in [0.15, 0.2) is 11.6 Å². The summed E-state index contributed by atoms with van der Waals surface area (Å²) in [4.78, 5) is 0. The molecule has 0 spiro atoms. The maximum absolute atomic E-state index is 13.3. The first-order valence-corrected chi connectivity index (χ1v) is 8.16. The second-order valence-electron chi connectivity index (χ2n) is 5.84. The van der Waals surface area contributed by atoms with Crippen LogP contribution in [0.2, 0.25) is 0 Å². The third kappa shape index (κ3) is 3.63. The van der Waals surface area contributed by atoms with E-state index in [-0.39, 0.29) is 0 Å². The highest BCUT2D eigenvalue weighted by Gasteiger charge is 2.02. The molecule has 0 aliphatic rings. The van der Waals surface area contributed by atoms with Gasteiger partial charge in [0.1, 0.15) is 0 Å². The van der Waals surface area contributed by atoms with Crippen molar-refractivity contribution in [1.82, 2.24) is 0 Å². The van der Waals surface area contributed by atoms with Crippen molar-refractivity contribution >= 4 is 10.8 Å². The molecule has 0 heterocycles. The first-order chi connectivity index (χ1) is 11.7. The van der Waals surface area contributed by atoms with Gasteiger partial charge < -0.3 is 0 Å². The summed E-state index contributed by atoms with van der Waals surface area (Å²) < 4.78 is 26.2. The summed E-state index contributed by atoms with van der Waals surface area (Å²) in [5.41, 5.74) is 2.68. The minimum Gasteiger partial charge on any atom is -0.204 e. The molecule has 0 saturated heterocycles. The van der Waals surface area contributed by atoms with E-state index in [2.05, 4.69) is 43.0 Å². The van der Waals surface area contributed by atoms with Gasteiger partial charge in [-0.15, -0.1) is 0 Å². The molecular weight excluding hydrogens is 302 g/mol. The Kier molecular flexibility index (Phi) is 4.91. The topological polar surface area (TPSA) is 0 Å². The van der Waals surface area contributed by atoms with Gasteiger partial charge in [-0.2, -0.15) is 0 Å². The highest BCUT2D eigenvalue weighted by Crippen LogP contribution is 2.21. The Labute approximate surface area is 141 Å². The monoisotopic (exact) mass is 320 g/mol. The molecule has 2 heteroatoms.